The van der Waals surface area contributed by atoms with Crippen molar-refractivity contribution >= 4 is 5.78 Å². The van der Waals surface area contributed by atoms with Crippen LogP contribution in [0.15, 0.2) is 11.6 Å². The molecule has 1 saturated heterocycles. The van der Waals surface area contributed by atoms with Crippen LogP contribution in [0.5, 0.6) is 0 Å². The van der Waals surface area contributed by atoms with E-state index in [1.54, 1.807) is 13.0 Å². The van der Waals surface area contributed by atoms with Gasteiger partial charge >= 0.3 is 0 Å². The molecule has 9 unspecified atom stereocenters. The third-order valence-electron chi connectivity index (χ3n) is 7.57. The molecule has 0 amide bonds. The van der Waals surface area contributed by atoms with Crippen molar-refractivity contribution in [3.05, 3.63) is 11.6 Å². The summed E-state index contributed by atoms with van der Waals surface area (Å²) in [5.74, 6) is 0.283. The van der Waals surface area contributed by atoms with Crippen LogP contribution in [0.3, 0.4) is 0 Å². The highest BCUT2D eigenvalue weighted by Gasteiger charge is 2.54. The molecule has 0 bridgehead atoms. The van der Waals surface area contributed by atoms with Crippen LogP contribution in [0.4, 0.5) is 0 Å². The molecule has 1 aliphatic heterocycles. The predicted molar refractivity (Wildman–Crippen MR) is 103 cm³/mol. The molecular weight excluding hydrogens is 380 g/mol. The van der Waals surface area contributed by atoms with Crippen LogP contribution < -0.4 is 0 Å². The fourth-order valence-electron chi connectivity index (χ4n) is 5.43. The topological polar surface area (TPSA) is 137 Å². The van der Waals surface area contributed by atoms with Crippen molar-refractivity contribution in [2.45, 2.75) is 82.8 Å². The van der Waals surface area contributed by atoms with E-state index in [1.165, 1.54) is 0 Å². The monoisotopic (exact) mass is 414 g/mol. The Balaban J connectivity index is 1.78. The molecule has 3 aliphatic rings. The van der Waals surface area contributed by atoms with Crippen molar-refractivity contribution in [1.29, 1.82) is 0 Å². The number of ether oxygens (including phenoxy) is 2. The maximum atomic E-state index is 11.9. The summed E-state index contributed by atoms with van der Waals surface area (Å²) in [5, 5.41) is 49.8. The summed E-state index contributed by atoms with van der Waals surface area (Å²) in [6, 6.07) is 0. The summed E-state index contributed by atoms with van der Waals surface area (Å²) in [4.78, 5) is 11.9. The minimum Gasteiger partial charge on any atom is -0.394 e. The van der Waals surface area contributed by atoms with Crippen molar-refractivity contribution < 1.29 is 39.8 Å². The third kappa shape index (κ3) is 3.92. The van der Waals surface area contributed by atoms with Gasteiger partial charge in [-0.2, -0.15) is 0 Å². The Hall–Kier alpha value is -0.870. The Labute approximate surface area is 171 Å². The molecule has 3 rings (SSSR count). The fraction of sp³-hybridized carbons (Fsp3) is 0.857. The van der Waals surface area contributed by atoms with E-state index in [-0.39, 0.29) is 29.6 Å². The van der Waals surface area contributed by atoms with Crippen molar-refractivity contribution in [2.24, 2.45) is 17.3 Å². The summed E-state index contributed by atoms with van der Waals surface area (Å²) in [7, 11) is 0. The van der Waals surface area contributed by atoms with E-state index in [0.717, 1.165) is 24.8 Å². The Morgan fingerprint density at radius 3 is 2.52 bits per heavy atom. The Bertz CT molecular complexity index is 649. The normalized spacial score (nSPS) is 45.3. The SMILES string of the molecule is CC1=CC(=O)CC(C)C12CCC(C(C)(CO)OC1OC(CO)C(O)C(O)C1O)C2. The van der Waals surface area contributed by atoms with E-state index >= 15 is 0 Å². The second-order valence-electron chi connectivity index (χ2n) is 9.28. The smallest absolute Gasteiger partial charge is 0.187 e. The molecule has 29 heavy (non-hydrogen) atoms. The third-order valence-corrected chi connectivity index (χ3v) is 7.57. The van der Waals surface area contributed by atoms with E-state index < -0.39 is 42.9 Å². The van der Waals surface area contributed by atoms with Gasteiger partial charge in [-0.05, 0) is 56.4 Å². The minimum absolute atomic E-state index is 0.0566. The lowest BCUT2D eigenvalue weighted by molar-refractivity contribution is -0.334. The first-order valence-electron chi connectivity index (χ1n) is 10.4. The number of aliphatic hydroxyl groups excluding tert-OH is 5. The first kappa shape index (κ1) is 22.8. The highest BCUT2D eigenvalue weighted by atomic mass is 16.7. The zero-order valence-electron chi connectivity index (χ0n) is 17.3. The largest absolute Gasteiger partial charge is 0.394 e. The van der Waals surface area contributed by atoms with E-state index in [4.69, 9.17) is 9.47 Å². The van der Waals surface area contributed by atoms with Crippen molar-refractivity contribution in [2.75, 3.05) is 13.2 Å². The van der Waals surface area contributed by atoms with Gasteiger partial charge in [-0.25, -0.2) is 0 Å². The highest BCUT2D eigenvalue weighted by molar-refractivity contribution is 5.91. The fourth-order valence-corrected chi connectivity index (χ4v) is 5.43. The number of hydrogen-bond donors (Lipinski definition) is 5. The number of carbonyl (C=O) groups is 1. The molecule has 1 heterocycles. The average Bonchev–Trinajstić information content (AvgIpc) is 3.14. The molecule has 1 saturated carbocycles. The van der Waals surface area contributed by atoms with Crippen LogP contribution in [-0.2, 0) is 14.3 Å². The standard InChI is InChI=1S/C21H34O8/c1-11-6-14(24)7-12(2)21(11)5-4-13(8-21)20(3,10-23)29-19-18(27)17(26)16(25)15(9-22)28-19/h6,12-13,15-19,22-23,25-27H,4-5,7-10H2,1-3H3. The lowest BCUT2D eigenvalue weighted by atomic mass is 9.64. The molecule has 0 aromatic carbocycles. The minimum atomic E-state index is -1.53. The summed E-state index contributed by atoms with van der Waals surface area (Å²) < 4.78 is 11.5. The summed E-state index contributed by atoms with van der Waals surface area (Å²) in [5.41, 5.74) is -0.108. The van der Waals surface area contributed by atoms with Crippen LogP contribution >= 0.6 is 0 Å². The van der Waals surface area contributed by atoms with E-state index in [9.17, 15) is 30.3 Å². The number of hydrogen-bond acceptors (Lipinski definition) is 8. The van der Waals surface area contributed by atoms with Gasteiger partial charge in [0.05, 0.1) is 18.8 Å². The first-order chi connectivity index (χ1) is 13.6. The zero-order valence-corrected chi connectivity index (χ0v) is 17.3. The second-order valence-corrected chi connectivity index (χ2v) is 9.28. The zero-order chi connectivity index (χ0) is 21.6. The number of allylic oxidation sites excluding steroid dienone is 2. The lowest BCUT2D eigenvalue weighted by Gasteiger charge is -2.45. The molecule has 1 spiro atoms. The molecule has 5 N–H and O–H groups in total. The first-order valence-corrected chi connectivity index (χ1v) is 10.4. The van der Waals surface area contributed by atoms with Crippen LogP contribution in [0, 0.1) is 17.3 Å². The van der Waals surface area contributed by atoms with Gasteiger partial charge < -0.3 is 35.0 Å². The maximum absolute atomic E-state index is 11.9. The molecule has 8 nitrogen and oxygen atoms in total. The average molecular weight is 414 g/mol. The van der Waals surface area contributed by atoms with Gasteiger partial charge in [-0.15, -0.1) is 0 Å². The van der Waals surface area contributed by atoms with Crippen molar-refractivity contribution in [3.8, 4) is 0 Å². The molecule has 0 aromatic rings. The molecule has 166 valence electrons. The number of ketones is 1. The van der Waals surface area contributed by atoms with Crippen LogP contribution in [-0.4, -0.2) is 80.8 Å². The maximum Gasteiger partial charge on any atom is 0.187 e. The van der Waals surface area contributed by atoms with Gasteiger partial charge in [0.2, 0.25) is 0 Å². The van der Waals surface area contributed by atoms with E-state index in [0.29, 0.717) is 6.42 Å². The second kappa shape index (κ2) is 8.34. The van der Waals surface area contributed by atoms with Crippen LogP contribution in [0.25, 0.3) is 0 Å². The molecule has 2 fully saturated rings. The number of aliphatic hydroxyl groups is 5. The summed E-state index contributed by atoms with van der Waals surface area (Å²) in [6.45, 7) is 4.97. The van der Waals surface area contributed by atoms with Gasteiger partial charge in [-0.3, -0.25) is 4.79 Å². The van der Waals surface area contributed by atoms with E-state index in [2.05, 4.69) is 6.92 Å². The Morgan fingerprint density at radius 2 is 1.93 bits per heavy atom. The highest BCUT2D eigenvalue weighted by Crippen LogP contribution is 2.57. The van der Waals surface area contributed by atoms with Crippen LogP contribution in [0.1, 0.15) is 46.5 Å². The molecule has 0 radical (unpaired) electrons. The quantitative estimate of drug-likeness (QED) is 0.421. The molecule has 0 aromatic heterocycles. The summed E-state index contributed by atoms with van der Waals surface area (Å²) >= 11 is 0. The predicted octanol–water partition coefficient (Wildman–Crippen LogP) is -0.104. The Kier molecular flexibility index (Phi) is 6.56. The lowest BCUT2D eigenvalue weighted by Crippen LogP contribution is -2.61. The van der Waals surface area contributed by atoms with Gasteiger partial charge in [0.25, 0.3) is 0 Å². The van der Waals surface area contributed by atoms with Gasteiger partial charge in [0.15, 0.2) is 12.1 Å². The molecule has 9 atom stereocenters. The summed E-state index contributed by atoms with van der Waals surface area (Å²) in [6.07, 6.45) is -2.23. The van der Waals surface area contributed by atoms with E-state index in [1.807, 2.05) is 6.92 Å². The van der Waals surface area contributed by atoms with Gasteiger partial charge in [0.1, 0.15) is 24.4 Å². The van der Waals surface area contributed by atoms with Crippen LogP contribution in [0.2, 0.25) is 0 Å². The molecule has 8 heteroatoms. The number of carbonyl (C=O) groups excluding carboxylic acids is 1. The van der Waals surface area contributed by atoms with Crippen molar-refractivity contribution in [3.63, 3.8) is 0 Å². The molecular formula is C21H34O8. The van der Waals surface area contributed by atoms with Gasteiger partial charge in [-0.1, -0.05) is 12.5 Å². The molecule has 2 aliphatic carbocycles. The number of rotatable bonds is 5. The van der Waals surface area contributed by atoms with Gasteiger partial charge in [0, 0.05) is 6.42 Å². The van der Waals surface area contributed by atoms with Crippen molar-refractivity contribution in [1.82, 2.24) is 0 Å². The Morgan fingerprint density at radius 1 is 1.24 bits per heavy atom.